The summed E-state index contributed by atoms with van der Waals surface area (Å²) in [6.45, 7) is 4.29. The number of carbonyl (C=O) groups excluding carboxylic acids is 2. The minimum absolute atomic E-state index is 0.0944. The molecule has 1 N–H and O–H groups in total. The molecular formula is C37H37N7O2S. The number of anilines is 2. The average molecular weight is 644 g/mol. The van der Waals surface area contributed by atoms with E-state index in [0.29, 0.717) is 27.7 Å². The van der Waals surface area contributed by atoms with Gasteiger partial charge in [0.25, 0.3) is 5.91 Å². The van der Waals surface area contributed by atoms with Crippen molar-refractivity contribution in [2.45, 2.75) is 38.9 Å². The predicted octanol–water partition coefficient (Wildman–Crippen LogP) is 7.15. The number of fused-ring (bicyclic) bond motifs is 1. The molecule has 2 heterocycles. The zero-order chi connectivity index (χ0) is 32.9. The molecule has 0 fully saturated rings. The van der Waals surface area contributed by atoms with Gasteiger partial charge in [-0.1, -0.05) is 85.8 Å². The van der Waals surface area contributed by atoms with Crippen LogP contribution in [0.3, 0.4) is 0 Å². The van der Waals surface area contributed by atoms with Crippen LogP contribution in [0.5, 0.6) is 0 Å². The van der Waals surface area contributed by atoms with Crippen molar-refractivity contribution in [3.63, 3.8) is 0 Å². The van der Waals surface area contributed by atoms with Crippen molar-refractivity contribution in [3.05, 3.63) is 125 Å². The Morgan fingerprint density at radius 2 is 1.53 bits per heavy atom. The van der Waals surface area contributed by atoms with Crippen LogP contribution in [-0.2, 0) is 22.7 Å². The fourth-order valence-electron chi connectivity index (χ4n) is 5.44. The fraction of sp³-hybridized carbons (Fsp3) is 0.216. The molecule has 238 valence electrons. The van der Waals surface area contributed by atoms with Crippen LogP contribution < -0.4 is 10.2 Å². The normalized spacial score (nSPS) is 11.9. The summed E-state index contributed by atoms with van der Waals surface area (Å²) in [5.74, 6) is -0.290. The molecular weight excluding hydrogens is 607 g/mol. The molecule has 9 nitrogen and oxygen atoms in total. The number of nitrogens with zero attached hydrogens (tertiary/aromatic N) is 6. The van der Waals surface area contributed by atoms with E-state index in [2.05, 4.69) is 29.5 Å². The lowest BCUT2D eigenvalue weighted by Crippen LogP contribution is -2.42. The van der Waals surface area contributed by atoms with Gasteiger partial charge in [-0.2, -0.15) is 0 Å². The van der Waals surface area contributed by atoms with Crippen LogP contribution in [0.4, 0.5) is 11.4 Å². The van der Waals surface area contributed by atoms with Gasteiger partial charge in [0.2, 0.25) is 5.91 Å². The number of amides is 2. The minimum Gasteiger partial charge on any atom is -0.378 e. The Hall–Kier alpha value is -5.35. The topological polar surface area (TPSA) is 96.2 Å². The van der Waals surface area contributed by atoms with Crippen LogP contribution in [0.25, 0.3) is 22.3 Å². The van der Waals surface area contributed by atoms with Crippen LogP contribution in [0.2, 0.25) is 0 Å². The van der Waals surface area contributed by atoms with Gasteiger partial charge in [0.05, 0.1) is 17.8 Å². The summed E-state index contributed by atoms with van der Waals surface area (Å²) in [6.07, 6.45) is 0. The molecule has 1 unspecified atom stereocenters. The summed E-state index contributed by atoms with van der Waals surface area (Å²) >= 11 is 1.46. The van der Waals surface area contributed by atoms with E-state index in [1.165, 1.54) is 11.3 Å². The highest BCUT2D eigenvalue weighted by Gasteiger charge is 2.33. The molecule has 6 rings (SSSR count). The quantitative estimate of drug-likeness (QED) is 0.161. The summed E-state index contributed by atoms with van der Waals surface area (Å²) in [4.78, 5) is 37.3. The summed E-state index contributed by atoms with van der Waals surface area (Å²) in [7, 11) is 3.93. The van der Waals surface area contributed by atoms with Gasteiger partial charge in [0, 0.05) is 36.4 Å². The van der Waals surface area contributed by atoms with Crippen molar-refractivity contribution in [1.82, 2.24) is 24.9 Å². The molecule has 10 heteroatoms. The summed E-state index contributed by atoms with van der Waals surface area (Å²) in [6, 6.07) is 32.0. The van der Waals surface area contributed by atoms with E-state index in [9.17, 15) is 9.59 Å². The van der Waals surface area contributed by atoms with E-state index in [1.807, 2.05) is 128 Å². The van der Waals surface area contributed by atoms with E-state index < -0.39 is 6.04 Å². The van der Waals surface area contributed by atoms with E-state index >= 15 is 0 Å². The lowest BCUT2D eigenvalue weighted by atomic mass is 9.97. The largest absolute Gasteiger partial charge is 0.378 e. The maximum atomic E-state index is 14.4. The number of para-hydroxylation sites is 1. The number of hydrogen-bond acceptors (Lipinski definition) is 7. The third kappa shape index (κ3) is 7.23. The van der Waals surface area contributed by atoms with Crippen molar-refractivity contribution in [1.29, 1.82) is 0 Å². The third-order valence-electron chi connectivity index (χ3n) is 8.08. The molecule has 0 bridgehead atoms. The molecule has 0 aliphatic heterocycles. The first-order chi connectivity index (χ1) is 22.8. The molecule has 0 aliphatic rings. The van der Waals surface area contributed by atoms with Gasteiger partial charge >= 0.3 is 0 Å². The Labute approximate surface area is 278 Å². The standard InChI is InChI=1S/C37H37N7O2S/c1-25(2)26-14-16-28(17-15-26)36(37(46)38-29-18-20-30(21-19-29)42(3)4)43(22-34-39-32(24-47-34)27-10-6-5-7-11-27)35(45)23-44-33-13-9-8-12-31(33)40-41-44/h5-21,24-25,36H,22-23H2,1-4H3,(H,38,46). The van der Waals surface area contributed by atoms with Crippen molar-refractivity contribution in [3.8, 4) is 11.3 Å². The molecule has 47 heavy (non-hydrogen) atoms. The van der Waals surface area contributed by atoms with Crippen LogP contribution in [0.15, 0.2) is 109 Å². The zero-order valence-corrected chi connectivity index (χ0v) is 27.7. The van der Waals surface area contributed by atoms with E-state index in [4.69, 9.17) is 4.98 Å². The average Bonchev–Trinajstić information content (AvgIpc) is 3.72. The second-order valence-electron chi connectivity index (χ2n) is 11.9. The van der Waals surface area contributed by atoms with Gasteiger partial charge in [-0.3, -0.25) is 9.59 Å². The Kier molecular flexibility index (Phi) is 9.40. The van der Waals surface area contributed by atoms with Crippen molar-refractivity contribution >= 4 is 45.6 Å². The van der Waals surface area contributed by atoms with E-state index in [0.717, 1.165) is 28.0 Å². The number of nitrogens with one attached hydrogen (secondary N) is 1. The highest BCUT2D eigenvalue weighted by Crippen LogP contribution is 2.30. The second-order valence-corrected chi connectivity index (χ2v) is 12.8. The SMILES string of the molecule is CC(C)c1ccc(C(C(=O)Nc2ccc(N(C)C)cc2)N(Cc2nc(-c3ccccc3)cs2)C(=O)Cn2nnc3ccccc32)cc1. The van der Waals surface area contributed by atoms with Crippen LogP contribution >= 0.6 is 11.3 Å². The second kappa shape index (κ2) is 14.0. The number of rotatable bonds is 11. The minimum atomic E-state index is -0.948. The number of aromatic nitrogens is 4. The maximum Gasteiger partial charge on any atom is 0.251 e. The van der Waals surface area contributed by atoms with Crippen LogP contribution in [-0.4, -0.2) is 50.8 Å². The van der Waals surface area contributed by atoms with Crippen LogP contribution in [0, 0.1) is 0 Å². The summed E-state index contributed by atoms with van der Waals surface area (Å²) < 4.78 is 1.58. The number of benzene rings is 4. The van der Waals surface area contributed by atoms with Crippen molar-refractivity contribution in [2.24, 2.45) is 0 Å². The molecule has 0 saturated carbocycles. The lowest BCUT2D eigenvalue weighted by molar-refractivity contribution is -0.140. The Morgan fingerprint density at radius 1 is 0.851 bits per heavy atom. The Morgan fingerprint density at radius 3 is 2.23 bits per heavy atom. The number of hydrogen-bond donors (Lipinski definition) is 1. The number of carbonyl (C=O) groups is 2. The maximum absolute atomic E-state index is 14.4. The zero-order valence-electron chi connectivity index (χ0n) is 26.9. The van der Waals surface area contributed by atoms with Crippen LogP contribution in [0.1, 0.15) is 41.9 Å². The summed E-state index contributed by atoms with van der Waals surface area (Å²) in [5, 5.41) is 14.3. The highest BCUT2D eigenvalue weighted by atomic mass is 32.1. The van der Waals surface area contributed by atoms with Crippen molar-refractivity contribution in [2.75, 3.05) is 24.3 Å². The molecule has 2 aromatic heterocycles. The van der Waals surface area contributed by atoms with Gasteiger partial charge in [0.1, 0.15) is 23.1 Å². The Bertz CT molecular complexity index is 1970. The molecule has 0 aliphatic carbocycles. The van der Waals surface area contributed by atoms with Gasteiger partial charge < -0.3 is 15.1 Å². The predicted molar refractivity (Wildman–Crippen MR) is 188 cm³/mol. The van der Waals surface area contributed by atoms with Gasteiger partial charge in [-0.15, -0.1) is 16.4 Å². The molecule has 0 radical (unpaired) electrons. The van der Waals surface area contributed by atoms with Gasteiger partial charge in [-0.05, 0) is 53.4 Å². The molecule has 1 atom stereocenters. The highest BCUT2D eigenvalue weighted by molar-refractivity contribution is 7.09. The lowest BCUT2D eigenvalue weighted by Gasteiger charge is -2.31. The van der Waals surface area contributed by atoms with Gasteiger partial charge in [0.15, 0.2) is 0 Å². The first-order valence-corrected chi connectivity index (χ1v) is 16.4. The monoisotopic (exact) mass is 643 g/mol. The van der Waals surface area contributed by atoms with Crippen molar-refractivity contribution < 1.29 is 9.59 Å². The first kappa shape index (κ1) is 31.6. The molecule has 2 amide bonds. The van der Waals surface area contributed by atoms with E-state index in [-0.39, 0.29) is 24.9 Å². The molecule has 4 aromatic carbocycles. The molecule has 0 spiro atoms. The third-order valence-corrected chi connectivity index (χ3v) is 8.92. The first-order valence-electron chi connectivity index (χ1n) is 15.5. The fourth-order valence-corrected chi connectivity index (χ4v) is 6.24. The number of thiazole rings is 1. The van der Waals surface area contributed by atoms with Gasteiger partial charge in [-0.25, -0.2) is 9.67 Å². The van der Waals surface area contributed by atoms with E-state index in [1.54, 1.807) is 9.58 Å². The Balaban J connectivity index is 1.39. The molecule has 6 aromatic rings. The smallest absolute Gasteiger partial charge is 0.251 e. The summed E-state index contributed by atoms with van der Waals surface area (Å²) in [5.41, 5.74) is 6.74. The molecule has 0 saturated heterocycles.